The summed E-state index contributed by atoms with van der Waals surface area (Å²) in [5.74, 6) is -1.09. The molecule has 230 valence electrons. The second-order valence-corrected chi connectivity index (χ2v) is 11.1. The molecule has 2 amide bonds. The lowest BCUT2D eigenvalue weighted by Crippen LogP contribution is -2.56. The quantitative estimate of drug-likeness (QED) is 0.260. The van der Waals surface area contributed by atoms with Crippen molar-refractivity contribution in [3.8, 4) is 0 Å². The molecular formula is C34H36N2O8. The number of esters is 2. The van der Waals surface area contributed by atoms with E-state index in [1.54, 1.807) is 13.8 Å². The zero-order valence-electron chi connectivity index (χ0n) is 24.9. The summed E-state index contributed by atoms with van der Waals surface area (Å²) in [6.07, 6.45) is -0.688. The molecule has 0 spiro atoms. The summed E-state index contributed by atoms with van der Waals surface area (Å²) in [5.41, 5.74) is 2.33. The van der Waals surface area contributed by atoms with Crippen molar-refractivity contribution in [3.63, 3.8) is 0 Å². The fourth-order valence-electron chi connectivity index (χ4n) is 5.89. The Morgan fingerprint density at radius 1 is 0.568 bits per heavy atom. The van der Waals surface area contributed by atoms with Crippen molar-refractivity contribution in [2.24, 2.45) is 0 Å². The van der Waals surface area contributed by atoms with Crippen LogP contribution in [0.1, 0.15) is 47.2 Å². The number of amides is 2. The summed E-state index contributed by atoms with van der Waals surface area (Å²) in [6, 6.07) is 22.4. The maximum Gasteiger partial charge on any atom is 0.408 e. The monoisotopic (exact) mass is 600 g/mol. The SMILES string of the molecule is CCOC(=O)C1(NC(=O)OCc2ccccc2)Cc2cc3c(cc2C1)CC(NC(=O)OCc1ccccc1)(C(=O)OCC)C3. The highest BCUT2D eigenvalue weighted by Crippen LogP contribution is 2.39. The molecule has 0 atom stereocenters. The molecular weight excluding hydrogens is 564 g/mol. The van der Waals surface area contributed by atoms with E-state index in [-0.39, 0.29) is 52.1 Å². The van der Waals surface area contributed by atoms with Crippen LogP contribution in [0.4, 0.5) is 9.59 Å². The van der Waals surface area contributed by atoms with Gasteiger partial charge in [-0.3, -0.25) is 0 Å². The Morgan fingerprint density at radius 3 is 1.23 bits per heavy atom. The van der Waals surface area contributed by atoms with Crippen LogP contribution in [0.3, 0.4) is 0 Å². The third-order valence-electron chi connectivity index (χ3n) is 7.93. The van der Waals surface area contributed by atoms with Gasteiger partial charge in [-0.15, -0.1) is 0 Å². The number of alkyl carbamates (subject to hydrolysis) is 2. The number of carbonyl (C=O) groups excluding carboxylic acids is 4. The smallest absolute Gasteiger partial charge is 0.408 e. The van der Waals surface area contributed by atoms with Gasteiger partial charge in [-0.25, -0.2) is 19.2 Å². The number of hydrogen-bond acceptors (Lipinski definition) is 8. The molecule has 0 aliphatic heterocycles. The lowest BCUT2D eigenvalue weighted by Gasteiger charge is -2.28. The fraction of sp³-hybridized carbons (Fsp3) is 0.353. The van der Waals surface area contributed by atoms with Gasteiger partial charge in [0.1, 0.15) is 24.3 Å². The Kier molecular flexibility index (Phi) is 9.18. The van der Waals surface area contributed by atoms with Crippen molar-refractivity contribution < 1.29 is 38.1 Å². The molecule has 0 bridgehead atoms. The van der Waals surface area contributed by atoms with Crippen molar-refractivity contribution in [2.75, 3.05) is 13.2 Å². The summed E-state index contributed by atoms with van der Waals surface area (Å²) < 4.78 is 21.6. The Labute approximate surface area is 256 Å². The highest BCUT2D eigenvalue weighted by molar-refractivity contribution is 5.89. The number of hydrogen-bond donors (Lipinski definition) is 2. The zero-order chi connectivity index (χ0) is 31.2. The number of benzene rings is 3. The molecule has 3 aromatic rings. The number of nitrogens with one attached hydrogen (secondary N) is 2. The number of rotatable bonds is 10. The summed E-state index contributed by atoms with van der Waals surface area (Å²) in [4.78, 5) is 52.2. The molecule has 10 heteroatoms. The molecule has 0 fully saturated rings. The molecule has 2 aliphatic rings. The molecule has 0 radical (unpaired) electrons. The molecule has 0 aromatic heterocycles. The van der Waals surface area contributed by atoms with Crippen molar-refractivity contribution in [1.29, 1.82) is 0 Å². The zero-order valence-corrected chi connectivity index (χ0v) is 24.9. The van der Waals surface area contributed by atoms with Gasteiger partial charge in [0.15, 0.2) is 0 Å². The normalized spacial score (nSPS) is 15.3. The van der Waals surface area contributed by atoms with E-state index >= 15 is 0 Å². The largest absolute Gasteiger partial charge is 0.464 e. The van der Waals surface area contributed by atoms with Gasteiger partial charge in [-0.2, -0.15) is 0 Å². The van der Waals surface area contributed by atoms with Gasteiger partial charge < -0.3 is 29.6 Å². The number of carbonyl (C=O) groups is 4. The van der Waals surface area contributed by atoms with Crippen molar-refractivity contribution in [1.82, 2.24) is 10.6 Å². The molecule has 44 heavy (non-hydrogen) atoms. The second-order valence-electron chi connectivity index (χ2n) is 11.1. The predicted octanol–water partition coefficient (Wildman–Crippen LogP) is 4.34. The maximum absolute atomic E-state index is 13.2. The van der Waals surface area contributed by atoms with Gasteiger partial charge in [0.05, 0.1) is 13.2 Å². The van der Waals surface area contributed by atoms with Gasteiger partial charge in [-0.05, 0) is 47.2 Å². The molecule has 2 N–H and O–H groups in total. The van der Waals surface area contributed by atoms with Crippen LogP contribution in [0, 0.1) is 0 Å². The first kappa shape index (κ1) is 30.6. The van der Waals surface area contributed by atoms with E-state index in [9.17, 15) is 19.2 Å². The second kappa shape index (κ2) is 13.2. The van der Waals surface area contributed by atoms with Crippen LogP contribution in [-0.2, 0) is 67.4 Å². The van der Waals surface area contributed by atoms with Gasteiger partial charge in [0.2, 0.25) is 0 Å². The lowest BCUT2D eigenvalue weighted by molar-refractivity contribution is -0.151. The van der Waals surface area contributed by atoms with E-state index in [2.05, 4.69) is 10.6 Å². The minimum absolute atomic E-state index is 0.0591. The van der Waals surface area contributed by atoms with Crippen LogP contribution in [-0.4, -0.2) is 48.4 Å². The van der Waals surface area contributed by atoms with E-state index in [4.69, 9.17) is 18.9 Å². The van der Waals surface area contributed by atoms with Crippen LogP contribution >= 0.6 is 0 Å². The molecule has 0 saturated heterocycles. The van der Waals surface area contributed by atoms with E-state index in [1.807, 2.05) is 72.8 Å². The van der Waals surface area contributed by atoms with E-state index < -0.39 is 35.2 Å². The Balaban J connectivity index is 1.32. The van der Waals surface area contributed by atoms with Gasteiger partial charge in [-0.1, -0.05) is 72.8 Å². The molecule has 2 aliphatic carbocycles. The van der Waals surface area contributed by atoms with Crippen LogP contribution in [0.2, 0.25) is 0 Å². The Hall–Kier alpha value is -4.86. The standard InChI is InChI=1S/C34H36N2O8/c1-3-41-29(37)33(35-31(39)43-21-23-11-7-5-8-12-23)17-25-15-27-19-34(30(38)42-4-2,20-28(27)16-26(25)18-33)36-32(40)44-22-24-13-9-6-10-14-24/h5-16H,3-4,17-22H2,1-2H3,(H,35,39)(H,36,40). The third kappa shape index (κ3) is 6.69. The summed E-state index contributed by atoms with van der Waals surface area (Å²) >= 11 is 0. The number of ether oxygens (including phenoxy) is 4. The Morgan fingerprint density at radius 2 is 0.909 bits per heavy atom. The topological polar surface area (TPSA) is 129 Å². The summed E-state index contributed by atoms with van der Waals surface area (Å²) in [6.45, 7) is 3.85. The van der Waals surface area contributed by atoms with Crippen molar-refractivity contribution in [3.05, 3.63) is 106 Å². The maximum atomic E-state index is 13.2. The first-order valence-electron chi connectivity index (χ1n) is 14.7. The molecule has 0 unspecified atom stereocenters. The van der Waals surface area contributed by atoms with Crippen LogP contribution in [0.25, 0.3) is 0 Å². The molecule has 0 heterocycles. The van der Waals surface area contributed by atoms with Gasteiger partial charge >= 0.3 is 24.1 Å². The summed E-state index contributed by atoms with van der Waals surface area (Å²) in [7, 11) is 0. The highest BCUT2D eigenvalue weighted by Gasteiger charge is 2.50. The Bertz CT molecular complexity index is 1380. The minimum Gasteiger partial charge on any atom is -0.464 e. The average Bonchev–Trinajstić information content (AvgIpc) is 3.56. The lowest BCUT2D eigenvalue weighted by atomic mass is 9.94. The van der Waals surface area contributed by atoms with E-state index in [0.717, 1.165) is 33.4 Å². The number of fused-ring (bicyclic) bond motifs is 2. The van der Waals surface area contributed by atoms with Gasteiger partial charge in [0.25, 0.3) is 0 Å². The van der Waals surface area contributed by atoms with E-state index in [0.29, 0.717) is 0 Å². The van der Waals surface area contributed by atoms with Crippen molar-refractivity contribution >= 4 is 24.1 Å². The molecule has 3 aromatic carbocycles. The predicted molar refractivity (Wildman–Crippen MR) is 160 cm³/mol. The van der Waals surface area contributed by atoms with E-state index in [1.165, 1.54) is 0 Å². The fourth-order valence-corrected chi connectivity index (χ4v) is 5.89. The molecule has 0 saturated carbocycles. The molecule has 10 nitrogen and oxygen atoms in total. The van der Waals surface area contributed by atoms with Crippen LogP contribution in [0.15, 0.2) is 72.8 Å². The molecule has 5 rings (SSSR count). The average molecular weight is 601 g/mol. The van der Waals surface area contributed by atoms with Crippen LogP contribution in [0.5, 0.6) is 0 Å². The first-order valence-corrected chi connectivity index (χ1v) is 14.7. The van der Waals surface area contributed by atoms with Gasteiger partial charge in [0, 0.05) is 25.7 Å². The third-order valence-corrected chi connectivity index (χ3v) is 7.93. The van der Waals surface area contributed by atoms with Crippen molar-refractivity contribution in [2.45, 2.75) is 63.8 Å². The minimum atomic E-state index is -1.33. The summed E-state index contributed by atoms with van der Waals surface area (Å²) in [5, 5.41) is 5.58. The highest BCUT2D eigenvalue weighted by atomic mass is 16.6. The first-order chi connectivity index (χ1) is 21.3. The van der Waals surface area contributed by atoms with Crippen LogP contribution < -0.4 is 10.6 Å².